The van der Waals surface area contributed by atoms with Crippen molar-refractivity contribution in [3.63, 3.8) is 0 Å². The van der Waals surface area contributed by atoms with Crippen LogP contribution in [0.4, 0.5) is 0 Å². The van der Waals surface area contributed by atoms with Crippen LogP contribution in [0.3, 0.4) is 0 Å². The summed E-state index contributed by atoms with van der Waals surface area (Å²) in [5.41, 5.74) is -0.675. The average molecular weight is 212 g/mol. The van der Waals surface area contributed by atoms with Crippen LogP contribution in [0.25, 0.3) is 0 Å². The van der Waals surface area contributed by atoms with Gasteiger partial charge in [-0.2, -0.15) is 17.0 Å². The highest BCUT2D eigenvalue weighted by molar-refractivity contribution is 7.98. The second-order valence-electron chi connectivity index (χ2n) is 3.73. The van der Waals surface area contributed by atoms with Crippen molar-refractivity contribution in [2.45, 2.75) is 32.2 Å². The molecule has 3 nitrogen and oxygen atoms in total. The minimum atomic E-state index is -0.675. The number of carbonyl (C=O) groups is 1. The minimum absolute atomic E-state index is 0.0686. The van der Waals surface area contributed by atoms with Crippen LogP contribution in [-0.4, -0.2) is 24.0 Å². The van der Waals surface area contributed by atoms with Gasteiger partial charge in [-0.05, 0) is 25.5 Å². The minimum Gasteiger partial charge on any atom is -0.351 e. The lowest BCUT2D eigenvalue weighted by Gasteiger charge is -2.17. The van der Waals surface area contributed by atoms with E-state index in [4.69, 9.17) is 5.26 Å². The molecule has 1 atom stereocenters. The van der Waals surface area contributed by atoms with Crippen molar-refractivity contribution < 1.29 is 4.79 Å². The van der Waals surface area contributed by atoms with Gasteiger partial charge in [0.05, 0.1) is 6.07 Å². The van der Waals surface area contributed by atoms with Crippen molar-refractivity contribution >= 4 is 17.7 Å². The fourth-order valence-electron chi connectivity index (χ4n) is 1.30. The fourth-order valence-corrected chi connectivity index (χ4v) is 2.02. The molecular weight excluding hydrogens is 196 g/mol. The van der Waals surface area contributed by atoms with Gasteiger partial charge in [0.25, 0.3) is 0 Å². The van der Waals surface area contributed by atoms with Crippen LogP contribution in [0.5, 0.6) is 0 Å². The van der Waals surface area contributed by atoms with E-state index in [-0.39, 0.29) is 11.9 Å². The average Bonchev–Trinajstić information content (AvgIpc) is 2.97. The highest BCUT2D eigenvalue weighted by atomic mass is 32.2. The summed E-state index contributed by atoms with van der Waals surface area (Å²) in [5, 5.41) is 11.8. The van der Waals surface area contributed by atoms with E-state index in [2.05, 4.69) is 11.4 Å². The Labute approximate surface area is 89.2 Å². The van der Waals surface area contributed by atoms with Gasteiger partial charge in [0, 0.05) is 11.8 Å². The summed E-state index contributed by atoms with van der Waals surface area (Å²) in [6.07, 6.45) is 4.40. The van der Waals surface area contributed by atoms with E-state index < -0.39 is 5.41 Å². The molecule has 0 aromatic rings. The van der Waals surface area contributed by atoms with Crippen LogP contribution in [-0.2, 0) is 4.79 Å². The third-order valence-corrected chi connectivity index (χ3v) is 3.33. The maximum absolute atomic E-state index is 11.7. The number of rotatable bonds is 5. The van der Waals surface area contributed by atoms with Crippen molar-refractivity contribution in [2.75, 3.05) is 12.0 Å². The molecule has 0 radical (unpaired) electrons. The van der Waals surface area contributed by atoms with Gasteiger partial charge in [0.2, 0.25) is 5.91 Å². The predicted octanol–water partition coefficient (Wildman–Crippen LogP) is 1.55. The molecule has 1 rings (SSSR count). The lowest BCUT2D eigenvalue weighted by Crippen LogP contribution is -2.40. The van der Waals surface area contributed by atoms with Crippen LogP contribution in [0.15, 0.2) is 0 Å². The molecule has 1 fully saturated rings. The third kappa shape index (κ3) is 2.42. The zero-order valence-electron chi connectivity index (χ0n) is 8.67. The molecule has 4 heteroatoms. The molecule has 0 spiro atoms. The number of nitriles is 1. The molecule has 0 bridgehead atoms. The Morgan fingerprint density at radius 2 is 2.36 bits per heavy atom. The zero-order chi connectivity index (χ0) is 10.6. The summed E-state index contributed by atoms with van der Waals surface area (Å²) in [7, 11) is 0. The molecule has 0 heterocycles. The van der Waals surface area contributed by atoms with Crippen LogP contribution >= 0.6 is 11.8 Å². The van der Waals surface area contributed by atoms with Crippen molar-refractivity contribution in [1.82, 2.24) is 5.32 Å². The predicted molar refractivity (Wildman–Crippen MR) is 57.9 cm³/mol. The first-order valence-corrected chi connectivity index (χ1v) is 6.29. The fraction of sp³-hybridized carbons (Fsp3) is 0.800. The Balaban J connectivity index is 2.43. The Morgan fingerprint density at radius 1 is 1.71 bits per heavy atom. The lowest BCUT2D eigenvalue weighted by atomic mass is 10.1. The molecule has 0 aromatic carbocycles. The number of carbonyl (C=O) groups excluding carboxylic acids is 1. The molecule has 0 saturated heterocycles. The first-order chi connectivity index (χ1) is 6.68. The molecule has 1 amide bonds. The Bertz CT molecular complexity index is 255. The summed E-state index contributed by atoms with van der Waals surface area (Å²) < 4.78 is 0. The van der Waals surface area contributed by atoms with E-state index in [0.29, 0.717) is 0 Å². The van der Waals surface area contributed by atoms with Crippen molar-refractivity contribution in [1.29, 1.82) is 5.26 Å². The van der Waals surface area contributed by atoms with Crippen LogP contribution in [0.2, 0.25) is 0 Å². The molecule has 14 heavy (non-hydrogen) atoms. The molecule has 1 unspecified atom stereocenters. The summed E-state index contributed by atoms with van der Waals surface area (Å²) in [5.74, 6) is 0.852. The third-order valence-electron chi connectivity index (χ3n) is 2.59. The largest absolute Gasteiger partial charge is 0.351 e. The molecule has 0 aliphatic heterocycles. The zero-order valence-corrected chi connectivity index (χ0v) is 9.49. The smallest absolute Gasteiger partial charge is 0.240 e. The number of amides is 1. The number of thioether (sulfide) groups is 1. The lowest BCUT2D eigenvalue weighted by molar-refractivity contribution is -0.125. The van der Waals surface area contributed by atoms with Gasteiger partial charge in [-0.1, -0.05) is 6.92 Å². The second-order valence-corrected chi connectivity index (χ2v) is 4.64. The first kappa shape index (κ1) is 11.4. The molecular formula is C10H16N2OS. The summed E-state index contributed by atoms with van der Waals surface area (Å²) in [4.78, 5) is 11.7. The number of hydrogen-bond donors (Lipinski definition) is 1. The number of hydrogen-bond acceptors (Lipinski definition) is 3. The van der Waals surface area contributed by atoms with E-state index >= 15 is 0 Å². The SMILES string of the molecule is CCC(CSC)NC(=O)C1(C#N)CC1. The van der Waals surface area contributed by atoms with Crippen LogP contribution < -0.4 is 5.32 Å². The Hall–Kier alpha value is -0.690. The number of nitrogens with one attached hydrogen (secondary N) is 1. The van der Waals surface area contributed by atoms with E-state index in [1.807, 2.05) is 13.2 Å². The molecule has 0 aromatic heterocycles. The summed E-state index contributed by atoms with van der Waals surface area (Å²) in [6.45, 7) is 2.05. The van der Waals surface area contributed by atoms with Crippen molar-refractivity contribution in [3.05, 3.63) is 0 Å². The standard InChI is InChI=1S/C10H16N2OS/c1-3-8(6-14-2)12-9(13)10(7-11)4-5-10/h8H,3-6H2,1-2H3,(H,12,13). The molecule has 1 aliphatic rings. The molecule has 1 aliphatic carbocycles. The van der Waals surface area contributed by atoms with E-state index in [1.165, 1.54) is 0 Å². The quantitative estimate of drug-likeness (QED) is 0.752. The maximum atomic E-state index is 11.7. The molecule has 1 N–H and O–H groups in total. The van der Waals surface area contributed by atoms with Gasteiger partial charge in [-0.15, -0.1) is 0 Å². The van der Waals surface area contributed by atoms with Crippen LogP contribution in [0.1, 0.15) is 26.2 Å². The van der Waals surface area contributed by atoms with Crippen molar-refractivity contribution in [3.8, 4) is 6.07 Å². The van der Waals surface area contributed by atoms with Gasteiger partial charge in [-0.25, -0.2) is 0 Å². The first-order valence-electron chi connectivity index (χ1n) is 4.89. The summed E-state index contributed by atoms with van der Waals surface area (Å²) >= 11 is 1.72. The Kier molecular flexibility index (Phi) is 3.82. The van der Waals surface area contributed by atoms with Gasteiger partial charge >= 0.3 is 0 Å². The van der Waals surface area contributed by atoms with E-state index in [0.717, 1.165) is 25.0 Å². The van der Waals surface area contributed by atoms with Gasteiger partial charge < -0.3 is 5.32 Å². The van der Waals surface area contributed by atoms with Gasteiger partial charge in [0.15, 0.2) is 0 Å². The summed E-state index contributed by atoms with van der Waals surface area (Å²) in [6, 6.07) is 2.32. The monoisotopic (exact) mass is 212 g/mol. The van der Waals surface area contributed by atoms with Crippen molar-refractivity contribution in [2.24, 2.45) is 5.41 Å². The van der Waals surface area contributed by atoms with Crippen LogP contribution in [0, 0.1) is 16.7 Å². The van der Waals surface area contributed by atoms with Gasteiger partial charge in [-0.3, -0.25) is 4.79 Å². The van der Waals surface area contributed by atoms with Gasteiger partial charge in [0.1, 0.15) is 5.41 Å². The highest BCUT2D eigenvalue weighted by Crippen LogP contribution is 2.45. The topological polar surface area (TPSA) is 52.9 Å². The Morgan fingerprint density at radius 3 is 2.71 bits per heavy atom. The number of nitrogens with zero attached hydrogens (tertiary/aromatic N) is 1. The molecule has 1 saturated carbocycles. The highest BCUT2D eigenvalue weighted by Gasteiger charge is 2.50. The normalized spacial score (nSPS) is 19.5. The molecule has 78 valence electrons. The van der Waals surface area contributed by atoms with E-state index in [1.54, 1.807) is 11.8 Å². The van der Waals surface area contributed by atoms with E-state index in [9.17, 15) is 4.79 Å². The maximum Gasteiger partial charge on any atom is 0.240 e. The second kappa shape index (κ2) is 4.70.